The van der Waals surface area contributed by atoms with Crippen LogP contribution in [0.15, 0.2) is 22.8 Å². The van der Waals surface area contributed by atoms with Gasteiger partial charge in [0.05, 0.1) is 0 Å². The van der Waals surface area contributed by atoms with Crippen LogP contribution in [0.1, 0.15) is 20.8 Å². The van der Waals surface area contributed by atoms with Gasteiger partial charge in [-0.05, 0) is 26.3 Å². The second-order valence-corrected chi connectivity index (χ2v) is 2.50. The minimum absolute atomic E-state index is 0.186. The van der Waals surface area contributed by atoms with Gasteiger partial charge in [0.2, 0.25) is 0 Å². The maximum absolute atomic E-state index is 8.45. The fourth-order valence-electron chi connectivity index (χ4n) is 0.707. The highest BCUT2D eigenvalue weighted by Crippen LogP contribution is 2.05. The lowest BCUT2D eigenvalue weighted by molar-refractivity contribution is 1.33. The van der Waals surface area contributed by atoms with E-state index in [4.69, 9.17) is 10.5 Å². The molecule has 11 heavy (non-hydrogen) atoms. The number of hydrogen-bond acceptors (Lipinski definition) is 2. The van der Waals surface area contributed by atoms with E-state index in [0.717, 1.165) is 11.1 Å². The average molecular weight is 146 g/mol. The maximum Gasteiger partial charge on any atom is 0.132 e. The van der Waals surface area contributed by atoms with Gasteiger partial charge in [0.25, 0.3) is 0 Å². The van der Waals surface area contributed by atoms with E-state index in [1.807, 2.05) is 32.1 Å². The minimum atomic E-state index is 0.186. The molecule has 0 rings (SSSR count). The van der Waals surface area contributed by atoms with Gasteiger partial charge in [-0.1, -0.05) is 11.6 Å². The quantitative estimate of drug-likeness (QED) is 0.421. The van der Waals surface area contributed by atoms with E-state index in [-0.39, 0.29) is 5.57 Å². The van der Waals surface area contributed by atoms with E-state index in [1.54, 1.807) is 6.92 Å². The van der Waals surface area contributed by atoms with Crippen LogP contribution in [0.2, 0.25) is 0 Å². The summed E-state index contributed by atoms with van der Waals surface area (Å²) in [4.78, 5) is 0. The highest BCUT2D eigenvalue weighted by atomic mass is 14.3. The van der Waals surface area contributed by atoms with E-state index in [1.165, 1.54) is 0 Å². The number of nitrogens with zero attached hydrogens (tertiary/aromatic N) is 2. The van der Waals surface area contributed by atoms with Gasteiger partial charge < -0.3 is 0 Å². The molecule has 0 atom stereocenters. The van der Waals surface area contributed by atoms with Gasteiger partial charge >= 0.3 is 0 Å². The molecule has 0 aromatic rings. The van der Waals surface area contributed by atoms with Crippen LogP contribution in [-0.2, 0) is 0 Å². The highest BCUT2D eigenvalue weighted by Gasteiger charge is 1.95. The van der Waals surface area contributed by atoms with E-state index >= 15 is 0 Å². The number of allylic oxidation sites excluding steroid dienone is 4. The molecule has 0 fully saturated rings. The Labute approximate surface area is 67.1 Å². The molecule has 0 radical (unpaired) electrons. The first-order chi connectivity index (χ1) is 5.11. The van der Waals surface area contributed by atoms with Crippen molar-refractivity contribution in [2.45, 2.75) is 20.8 Å². The lowest BCUT2D eigenvalue weighted by atomic mass is 10.1. The van der Waals surface area contributed by atoms with Gasteiger partial charge in [0.1, 0.15) is 17.7 Å². The zero-order chi connectivity index (χ0) is 8.85. The Hall–Kier alpha value is -1.54. The molecule has 56 valence electrons. The molecule has 0 aromatic carbocycles. The topological polar surface area (TPSA) is 47.6 Å². The third kappa shape index (κ3) is 3.23. The molecule has 0 aliphatic carbocycles. The van der Waals surface area contributed by atoms with Gasteiger partial charge in [-0.2, -0.15) is 10.5 Å². The van der Waals surface area contributed by atoms with Crippen LogP contribution < -0.4 is 0 Å². The molecule has 0 aliphatic heterocycles. The summed E-state index contributed by atoms with van der Waals surface area (Å²) in [6.07, 6.45) is 1.82. The Morgan fingerprint density at radius 2 is 1.55 bits per heavy atom. The van der Waals surface area contributed by atoms with Crippen molar-refractivity contribution in [1.29, 1.82) is 10.5 Å². The van der Waals surface area contributed by atoms with Crippen LogP contribution in [0.25, 0.3) is 0 Å². The molecule has 0 aromatic heterocycles. The Balaban J connectivity index is 4.86. The Bertz CT molecular complexity index is 262. The standard InChI is InChI=1S/C9H10N2/c1-7(2)4-8(3)9(5-10)6-11/h4H,1-3H3. The summed E-state index contributed by atoms with van der Waals surface area (Å²) in [5.41, 5.74) is 2.01. The molecule has 0 saturated heterocycles. The van der Waals surface area contributed by atoms with E-state index < -0.39 is 0 Å². The van der Waals surface area contributed by atoms with Crippen LogP contribution in [-0.4, -0.2) is 0 Å². The second kappa shape index (κ2) is 4.30. The molecule has 0 unspecified atom stereocenters. The average Bonchev–Trinajstić information content (AvgIpc) is 1.88. The summed E-state index contributed by atoms with van der Waals surface area (Å²) < 4.78 is 0. The molecule has 0 spiro atoms. The summed E-state index contributed by atoms with van der Waals surface area (Å²) in [7, 11) is 0. The van der Waals surface area contributed by atoms with Crippen LogP contribution in [0.4, 0.5) is 0 Å². The monoisotopic (exact) mass is 146 g/mol. The molecule has 0 heterocycles. The van der Waals surface area contributed by atoms with E-state index in [0.29, 0.717) is 0 Å². The van der Waals surface area contributed by atoms with Crippen molar-refractivity contribution < 1.29 is 0 Å². The lowest BCUT2D eigenvalue weighted by Gasteiger charge is -1.91. The molecular weight excluding hydrogens is 136 g/mol. The van der Waals surface area contributed by atoms with E-state index in [2.05, 4.69) is 0 Å². The van der Waals surface area contributed by atoms with Crippen molar-refractivity contribution in [3.8, 4) is 12.1 Å². The van der Waals surface area contributed by atoms with Gasteiger partial charge in [-0.15, -0.1) is 0 Å². The van der Waals surface area contributed by atoms with Crippen molar-refractivity contribution >= 4 is 0 Å². The first-order valence-corrected chi connectivity index (χ1v) is 3.27. The summed E-state index contributed by atoms with van der Waals surface area (Å²) >= 11 is 0. The predicted molar refractivity (Wildman–Crippen MR) is 43.4 cm³/mol. The van der Waals surface area contributed by atoms with Gasteiger partial charge in [-0.25, -0.2) is 0 Å². The van der Waals surface area contributed by atoms with Crippen LogP contribution in [0, 0.1) is 22.7 Å². The van der Waals surface area contributed by atoms with Crippen molar-refractivity contribution in [2.75, 3.05) is 0 Å². The molecule has 0 saturated carbocycles. The van der Waals surface area contributed by atoms with Gasteiger partial charge in [0, 0.05) is 0 Å². The third-order valence-corrected chi connectivity index (χ3v) is 1.12. The molecule has 0 N–H and O–H groups in total. The third-order valence-electron chi connectivity index (χ3n) is 1.12. The fraction of sp³-hybridized carbons (Fsp3) is 0.333. The first kappa shape index (κ1) is 9.46. The zero-order valence-electron chi connectivity index (χ0n) is 6.97. The van der Waals surface area contributed by atoms with Crippen LogP contribution in [0.3, 0.4) is 0 Å². The highest BCUT2D eigenvalue weighted by molar-refractivity contribution is 5.44. The lowest BCUT2D eigenvalue weighted by Crippen LogP contribution is -1.79. The van der Waals surface area contributed by atoms with Crippen molar-refractivity contribution in [2.24, 2.45) is 0 Å². The summed E-state index contributed by atoms with van der Waals surface area (Å²) in [5, 5.41) is 16.9. The first-order valence-electron chi connectivity index (χ1n) is 3.27. The molecule has 0 bridgehead atoms. The van der Waals surface area contributed by atoms with Crippen molar-refractivity contribution in [1.82, 2.24) is 0 Å². The minimum Gasteiger partial charge on any atom is -0.192 e. The normalized spacial score (nSPS) is 7.36. The SMILES string of the molecule is CC(C)=CC(C)=C(C#N)C#N. The molecule has 0 aliphatic rings. The number of hydrogen-bond donors (Lipinski definition) is 0. The summed E-state index contributed by atoms with van der Waals surface area (Å²) in [5.74, 6) is 0. The predicted octanol–water partition coefficient (Wildman–Crippen LogP) is 2.32. The van der Waals surface area contributed by atoms with Crippen molar-refractivity contribution in [3.63, 3.8) is 0 Å². The number of rotatable bonds is 1. The molecule has 2 nitrogen and oxygen atoms in total. The smallest absolute Gasteiger partial charge is 0.132 e. The summed E-state index contributed by atoms with van der Waals surface area (Å²) in [6.45, 7) is 5.61. The van der Waals surface area contributed by atoms with Gasteiger partial charge in [-0.3, -0.25) is 0 Å². The van der Waals surface area contributed by atoms with Gasteiger partial charge in [0.15, 0.2) is 0 Å². The Morgan fingerprint density at radius 1 is 1.09 bits per heavy atom. The number of nitriles is 2. The Kier molecular flexibility index (Phi) is 3.70. The second-order valence-electron chi connectivity index (χ2n) is 2.50. The van der Waals surface area contributed by atoms with E-state index in [9.17, 15) is 0 Å². The van der Waals surface area contributed by atoms with Crippen molar-refractivity contribution in [3.05, 3.63) is 22.8 Å². The zero-order valence-corrected chi connectivity index (χ0v) is 6.97. The largest absolute Gasteiger partial charge is 0.192 e. The van der Waals surface area contributed by atoms with Crippen LogP contribution >= 0.6 is 0 Å². The maximum atomic E-state index is 8.45. The molecule has 2 heteroatoms. The molecule has 0 amide bonds. The van der Waals surface area contributed by atoms with Crippen LogP contribution in [0.5, 0.6) is 0 Å². The fourth-order valence-corrected chi connectivity index (χ4v) is 0.707. The summed E-state index contributed by atoms with van der Waals surface area (Å²) in [6, 6.07) is 3.66. The molecular formula is C9H10N2. The Morgan fingerprint density at radius 3 is 1.82 bits per heavy atom.